The number of nitrogens with zero attached hydrogens (tertiary/aromatic N) is 1. The molecule has 0 bridgehead atoms. The van der Waals surface area contributed by atoms with Crippen molar-refractivity contribution in [2.24, 2.45) is 5.84 Å². The summed E-state index contributed by atoms with van der Waals surface area (Å²) in [6.07, 6.45) is 2.49. The third-order valence-electron chi connectivity index (χ3n) is 2.42. The number of hydrogen-bond acceptors (Lipinski definition) is 3. The van der Waals surface area contributed by atoms with E-state index in [1.807, 2.05) is 0 Å². The van der Waals surface area contributed by atoms with E-state index in [1.165, 1.54) is 19.4 Å². The van der Waals surface area contributed by atoms with Crippen LogP contribution in [0, 0.1) is 0 Å². The lowest BCUT2D eigenvalue weighted by atomic mass is 10.1. The summed E-state index contributed by atoms with van der Waals surface area (Å²) in [7, 11) is 0. The zero-order chi connectivity index (χ0) is 8.27. The van der Waals surface area contributed by atoms with Gasteiger partial charge in [0.05, 0.1) is 0 Å². The molecule has 1 saturated heterocycles. The molecule has 3 nitrogen and oxygen atoms in total. The Morgan fingerprint density at radius 3 is 2.82 bits per heavy atom. The SMILES string of the molecule is CC(C)N1CCCC(NN)C1. The summed E-state index contributed by atoms with van der Waals surface area (Å²) in [5, 5.41) is 0. The minimum absolute atomic E-state index is 0.506. The first-order valence-corrected chi connectivity index (χ1v) is 4.44. The highest BCUT2D eigenvalue weighted by atomic mass is 15.3. The van der Waals surface area contributed by atoms with Gasteiger partial charge < -0.3 is 0 Å². The molecule has 0 spiro atoms. The van der Waals surface area contributed by atoms with E-state index in [0.717, 1.165) is 6.54 Å². The summed E-state index contributed by atoms with van der Waals surface area (Å²) in [6, 6.07) is 1.16. The van der Waals surface area contributed by atoms with Crippen LogP contribution in [0.4, 0.5) is 0 Å². The standard InChI is InChI=1S/C8H19N3/c1-7(2)11-5-3-4-8(6-11)10-9/h7-8,10H,3-6,9H2,1-2H3. The number of hydrazine groups is 1. The molecular weight excluding hydrogens is 138 g/mol. The molecular formula is C8H19N3. The second kappa shape index (κ2) is 4.04. The van der Waals surface area contributed by atoms with E-state index in [4.69, 9.17) is 5.84 Å². The molecule has 0 aliphatic carbocycles. The van der Waals surface area contributed by atoms with E-state index in [1.54, 1.807) is 0 Å². The minimum Gasteiger partial charge on any atom is -0.299 e. The molecule has 1 rings (SSSR count). The van der Waals surface area contributed by atoms with Crippen LogP contribution in [0.1, 0.15) is 26.7 Å². The summed E-state index contributed by atoms with van der Waals surface area (Å²) in [6.45, 7) is 6.81. The Labute approximate surface area is 68.9 Å². The van der Waals surface area contributed by atoms with Crippen molar-refractivity contribution in [3.05, 3.63) is 0 Å². The zero-order valence-electron chi connectivity index (χ0n) is 7.51. The third-order valence-corrected chi connectivity index (χ3v) is 2.42. The maximum atomic E-state index is 5.39. The van der Waals surface area contributed by atoms with Gasteiger partial charge in [0.2, 0.25) is 0 Å². The van der Waals surface area contributed by atoms with Gasteiger partial charge in [0.1, 0.15) is 0 Å². The van der Waals surface area contributed by atoms with Crippen LogP contribution in [-0.2, 0) is 0 Å². The molecule has 1 aliphatic rings. The van der Waals surface area contributed by atoms with Crippen LogP contribution in [0.25, 0.3) is 0 Å². The molecule has 0 aromatic carbocycles. The molecule has 1 atom stereocenters. The van der Waals surface area contributed by atoms with Crippen molar-refractivity contribution >= 4 is 0 Å². The molecule has 66 valence electrons. The van der Waals surface area contributed by atoms with Gasteiger partial charge in [-0.3, -0.25) is 16.2 Å². The minimum atomic E-state index is 0.506. The second-order valence-corrected chi connectivity index (χ2v) is 3.59. The predicted molar refractivity (Wildman–Crippen MR) is 47.1 cm³/mol. The Bertz CT molecular complexity index is 114. The fourth-order valence-corrected chi connectivity index (χ4v) is 1.61. The summed E-state index contributed by atoms with van der Waals surface area (Å²) in [4.78, 5) is 2.47. The quantitative estimate of drug-likeness (QED) is 0.448. The van der Waals surface area contributed by atoms with Crippen molar-refractivity contribution in [3.63, 3.8) is 0 Å². The number of nitrogens with one attached hydrogen (secondary N) is 1. The smallest absolute Gasteiger partial charge is 0.0338 e. The van der Waals surface area contributed by atoms with Crippen molar-refractivity contribution in [2.75, 3.05) is 13.1 Å². The van der Waals surface area contributed by atoms with Gasteiger partial charge in [-0.2, -0.15) is 0 Å². The van der Waals surface area contributed by atoms with Crippen molar-refractivity contribution in [1.29, 1.82) is 0 Å². The monoisotopic (exact) mass is 157 g/mol. The second-order valence-electron chi connectivity index (χ2n) is 3.59. The topological polar surface area (TPSA) is 41.3 Å². The van der Waals surface area contributed by atoms with Crippen LogP contribution in [0.5, 0.6) is 0 Å². The first-order valence-electron chi connectivity index (χ1n) is 4.44. The largest absolute Gasteiger partial charge is 0.299 e. The van der Waals surface area contributed by atoms with Crippen LogP contribution >= 0.6 is 0 Å². The van der Waals surface area contributed by atoms with Crippen LogP contribution < -0.4 is 11.3 Å². The van der Waals surface area contributed by atoms with E-state index >= 15 is 0 Å². The molecule has 1 fully saturated rings. The van der Waals surface area contributed by atoms with E-state index in [2.05, 4.69) is 24.2 Å². The third kappa shape index (κ3) is 2.43. The molecule has 11 heavy (non-hydrogen) atoms. The van der Waals surface area contributed by atoms with Crippen LogP contribution in [0.2, 0.25) is 0 Å². The highest BCUT2D eigenvalue weighted by Gasteiger charge is 2.19. The number of nitrogens with two attached hydrogens (primary N) is 1. The lowest BCUT2D eigenvalue weighted by molar-refractivity contribution is 0.155. The van der Waals surface area contributed by atoms with Gasteiger partial charge in [-0.05, 0) is 33.2 Å². The predicted octanol–water partition coefficient (Wildman–Crippen LogP) is 0.323. The number of piperidine rings is 1. The first kappa shape index (κ1) is 8.97. The first-order chi connectivity index (χ1) is 5.24. The highest BCUT2D eigenvalue weighted by molar-refractivity contribution is 4.77. The summed E-state index contributed by atoms with van der Waals surface area (Å²) < 4.78 is 0. The lowest BCUT2D eigenvalue weighted by Gasteiger charge is -2.34. The van der Waals surface area contributed by atoms with E-state index in [9.17, 15) is 0 Å². The van der Waals surface area contributed by atoms with Crippen LogP contribution in [0.15, 0.2) is 0 Å². The van der Waals surface area contributed by atoms with Crippen molar-refractivity contribution in [3.8, 4) is 0 Å². The Kier molecular flexibility index (Phi) is 3.30. The number of likely N-dealkylation sites (tertiary alicyclic amines) is 1. The molecule has 3 heteroatoms. The van der Waals surface area contributed by atoms with Crippen molar-refractivity contribution in [2.45, 2.75) is 38.8 Å². The molecule has 3 N–H and O–H groups in total. The average Bonchev–Trinajstić information content (AvgIpc) is 2.05. The molecule has 0 radical (unpaired) electrons. The molecule has 0 amide bonds. The van der Waals surface area contributed by atoms with E-state index in [-0.39, 0.29) is 0 Å². The Morgan fingerprint density at radius 2 is 2.27 bits per heavy atom. The van der Waals surface area contributed by atoms with Gasteiger partial charge in [-0.1, -0.05) is 0 Å². The normalized spacial score (nSPS) is 27.8. The molecule has 0 aromatic rings. The number of rotatable bonds is 2. The van der Waals surface area contributed by atoms with Crippen LogP contribution in [-0.4, -0.2) is 30.1 Å². The maximum absolute atomic E-state index is 5.39. The van der Waals surface area contributed by atoms with Gasteiger partial charge >= 0.3 is 0 Å². The summed E-state index contributed by atoms with van der Waals surface area (Å²) in [5.41, 5.74) is 2.85. The van der Waals surface area contributed by atoms with Crippen molar-refractivity contribution < 1.29 is 0 Å². The zero-order valence-corrected chi connectivity index (χ0v) is 7.51. The van der Waals surface area contributed by atoms with E-state index < -0.39 is 0 Å². The van der Waals surface area contributed by atoms with Gasteiger partial charge in [-0.15, -0.1) is 0 Å². The molecule has 0 aromatic heterocycles. The van der Waals surface area contributed by atoms with Gasteiger partial charge in [-0.25, -0.2) is 0 Å². The molecule has 0 saturated carbocycles. The Morgan fingerprint density at radius 1 is 1.55 bits per heavy atom. The van der Waals surface area contributed by atoms with Crippen molar-refractivity contribution in [1.82, 2.24) is 10.3 Å². The summed E-state index contributed by atoms with van der Waals surface area (Å²) >= 11 is 0. The molecule has 1 heterocycles. The average molecular weight is 157 g/mol. The Hall–Kier alpha value is -0.120. The van der Waals surface area contributed by atoms with Gasteiger partial charge in [0.25, 0.3) is 0 Å². The highest BCUT2D eigenvalue weighted by Crippen LogP contribution is 2.11. The van der Waals surface area contributed by atoms with Gasteiger partial charge in [0.15, 0.2) is 0 Å². The lowest BCUT2D eigenvalue weighted by Crippen LogP contribution is -2.50. The molecule has 1 aliphatic heterocycles. The maximum Gasteiger partial charge on any atom is 0.0338 e. The summed E-state index contributed by atoms with van der Waals surface area (Å²) in [5.74, 6) is 5.39. The Balaban J connectivity index is 2.33. The number of hydrogen-bond donors (Lipinski definition) is 2. The fraction of sp³-hybridized carbons (Fsp3) is 1.00. The van der Waals surface area contributed by atoms with E-state index in [0.29, 0.717) is 12.1 Å². The molecule has 1 unspecified atom stereocenters. The van der Waals surface area contributed by atoms with Crippen LogP contribution in [0.3, 0.4) is 0 Å². The van der Waals surface area contributed by atoms with Gasteiger partial charge in [0, 0.05) is 18.6 Å². The fourth-order valence-electron chi connectivity index (χ4n) is 1.61.